The first-order valence-corrected chi connectivity index (χ1v) is 8.34. The van der Waals surface area contributed by atoms with Crippen molar-refractivity contribution >= 4 is 17.5 Å². The average molecular weight is 365 g/mol. The molecule has 2 aromatic carbocycles. The Morgan fingerprint density at radius 3 is 2.68 bits per heavy atom. The SMILES string of the molecule is COc1ccccc1C(C)NC(=O)CN(C)Cc1c(F)cccc1Cl. The number of hydrogen-bond donors (Lipinski definition) is 1. The quantitative estimate of drug-likeness (QED) is 0.812. The van der Waals surface area contributed by atoms with Crippen LogP contribution in [0.4, 0.5) is 4.39 Å². The maximum absolute atomic E-state index is 13.8. The normalized spacial score (nSPS) is 12.1. The maximum Gasteiger partial charge on any atom is 0.234 e. The fourth-order valence-electron chi connectivity index (χ4n) is 2.64. The van der Waals surface area contributed by atoms with E-state index in [1.807, 2.05) is 31.2 Å². The molecule has 2 rings (SSSR count). The van der Waals surface area contributed by atoms with Crippen LogP contribution in [-0.2, 0) is 11.3 Å². The Kier molecular flexibility index (Phi) is 6.79. The van der Waals surface area contributed by atoms with Crippen molar-refractivity contribution in [3.8, 4) is 5.75 Å². The van der Waals surface area contributed by atoms with Crippen LogP contribution >= 0.6 is 11.6 Å². The van der Waals surface area contributed by atoms with E-state index in [1.54, 1.807) is 31.2 Å². The lowest BCUT2D eigenvalue weighted by Gasteiger charge is -2.21. The number of para-hydroxylation sites is 1. The van der Waals surface area contributed by atoms with Crippen molar-refractivity contribution in [1.29, 1.82) is 0 Å². The van der Waals surface area contributed by atoms with Gasteiger partial charge in [0, 0.05) is 22.7 Å². The first-order valence-electron chi connectivity index (χ1n) is 7.96. The molecule has 2 aromatic rings. The summed E-state index contributed by atoms with van der Waals surface area (Å²) in [7, 11) is 3.34. The Bertz CT molecular complexity index is 719. The zero-order valence-electron chi connectivity index (χ0n) is 14.6. The Hall–Kier alpha value is -2.11. The zero-order chi connectivity index (χ0) is 18.4. The van der Waals surface area contributed by atoms with Gasteiger partial charge in [-0.25, -0.2) is 4.39 Å². The van der Waals surface area contributed by atoms with Crippen molar-refractivity contribution in [2.75, 3.05) is 20.7 Å². The summed E-state index contributed by atoms with van der Waals surface area (Å²) in [5.41, 5.74) is 1.29. The van der Waals surface area contributed by atoms with Crippen molar-refractivity contribution in [2.45, 2.75) is 19.5 Å². The molecule has 0 saturated carbocycles. The molecule has 1 N–H and O–H groups in total. The lowest BCUT2D eigenvalue weighted by molar-refractivity contribution is -0.122. The highest BCUT2D eigenvalue weighted by molar-refractivity contribution is 6.31. The molecular formula is C19H22ClFN2O2. The summed E-state index contributed by atoms with van der Waals surface area (Å²) in [6.07, 6.45) is 0. The zero-order valence-corrected chi connectivity index (χ0v) is 15.3. The molecule has 6 heteroatoms. The topological polar surface area (TPSA) is 41.6 Å². The number of likely N-dealkylation sites (N-methyl/N-ethyl adjacent to an activating group) is 1. The molecule has 25 heavy (non-hydrogen) atoms. The third-order valence-electron chi connectivity index (χ3n) is 3.89. The first kappa shape index (κ1) is 19.2. The van der Waals surface area contributed by atoms with E-state index in [2.05, 4.69) is 5.32 Å². The lowest BCUT2D eigenvalue weighted by Crippen LogP contribution is -2.36. The Morgan fingerprint density at radius 1 is 1.28 bits per heavy atom. The van der Waals surface area contributed by atoms with Crippen molar-refractivity contribution in [3.05, 3.63) is 64.4 Å². The number of carbonyl (C=O) groups excluding carboxylic acids is 1. The van der Waals surface area contributed by atoms with Gasteiger partial charge < -0.3 is 10.1 Å². The molecule has 0 radical (unpaired) electrons. The molecule has 1 amide bonds. The number of benzene rings is 2. The first-order chi connectivity index (χ1) is 11.9. The van der Waals surface area contributed by atoms with E-state index in [0.717, 1.165) is 11.3 Å². The number of nitrogens with one attached hydrogen (secondary N) is 1. The van der Waals surface area contributed by atoms with Crippen molar-refractivity contribution in [3.63, 3.8) is 0 Å². The van der Waals surface area contributed by atoms with E-state index in [1.165, 1.54) is 6.07 Å². The molecule has 0 bridgehead atoms. The standard InChI is InChI=1S/C19H22ClFN2O2/c1-13(14-7-4-5-10-18(14)25-3)22-19(24)12-23(2)11-15-16(20)8-6-9-17(15)21/h4-10,13H,11-12H2,1-3H3,(H,22,24). The number of halogens is 2. The predicted molar refractivity (Wildman–Crippen MR) is 97.3 cm³/mol. The fraction of sp³-hybridized carbons (Fsp3) is 0.316. The van der Waals surface area contributed by atoms with Crippen molar-refractivity contribution in [2.24, 2.45) is 0 Å². The van der Waals surface area contributed by atoms with Crippen LogP contribution in [-0.4, -0.2) is 31.5 Å². The van der Waals surface area contributed by atoms with Crippen molar-refractivity contribution < 1.29 is 13.9 Å². The highest BCUT2D eigenvalue weighted by Crippen LogP contribution is 2.24. The second-order valence-corrected chi connectivity index (χ2v) is 6.31. The third-order valence-corrected chi connectivity index (χ3v) is 4.24. The Balaban J connectivity index is 1.95. The largest absolute Gasteiger partial charge is 0.496 e. The Labute approximate surface area is 152 Å². The molecule has 134 valence electrons. The number of amides is 1. The van der Waals surface area contributed by atoms with Crippen LogP contribution in [0, 0.1) is 5.82 Å². The lowest BCUT2D eigenvalue weighted by atomic mass is 10.1. The van der Waals surface area contributed by atoms with Crippen LogP contribution in [0.2, 0.25) is 5.02 Å². The van der Waals surface area contributed by atoms with Crippen LogP contribution < -0.4 is 10.1 Å². The molecule has 0 saturated heterocycles. The monoisotopic (exact) mass is 364 g/mol. The molecule has 0 spiro atoms. The highest BCUT2D eigenvalue weighted by atomic mass is 35.5. The van der Waals surface area contributed by atoms with Crippen LogP contribution in [0.15, 0.2) is 42.5 Å². The molecule has 0 fully saturated rings. The van der Waals surface area contributed by atoms with Gasteiger partial charge in [-0.05, 0) is 32.2 Å². The second-order valence-electron chi connectivity index (χ2n) is 5.90. The number of hydrogen-bond acceptors (Lipinski definition) is 3. The predicted octanol–water partition coefficient (Wildman–Crippen LogP) is 3.80. The van der Waals surface area contributed by atoms with Crippen LogP contribution in [0.1, 0.15) is 24.1 Å². The van der Waals surface area contributed by atoms with E-state index >= 15 is 0 Å². The number of nitrogens with zero attached hydrogens (tertiary/aromatic N) is 1. The molecule has 4 nitrogen and oxygen atoms in total. The van der Waals surface area contributed by atoms with Crippen LogP contribution in [0.5, 0.6) is 5.75 Å². The molecule has 0 heterocycles. The van der Waals surface area contributed by atoms with Crippen molar-refractivity contribution in [1.82, 2.24) is 10.2 Å². The average Bonchev–Trinajstić information content (AvgIpc) is 2.58. The van der Waals surface area contributed by atoms with E-state index in [9.17, 15) is 9.18 Å². The van der Waals surface area contributed by atoms with E-state index in [0.29, 0.717) is 10.6 Å². The molecule has 0 aromatic heterocycles. The number of methoxy groups -OCH3 is 1. The van der Waals surface area contributed by atoms with E-state index in [-0.39, 0.29) is 30.9 Å². The molecule has 0 aliphatic carbocycles. The summed E-state index contributed by atoms with van der Waals surface area (Å²) in [6.45, 7) is 2.27. The summed E-state index contributed by atoms with van der Waals surface area (Å²) in [4.78, 5) is 14.0. The molecular weight excluding hydrogens is 343 g/mol. The molecule has 0 aliphatic rings. The van der Waals surface area contributed by atoms with Gasteiger partial charge in [-0.15, -0.1) is 0 Å². The minimum atomic E-state index is -0.373. The van der Waals surface area contributed by atoms with Gasteiger partial charge in [-0.2, -0.15) is 0 Å². The Morgan fingerprint density at radius 2 is 2.00 bits per heavy atom. The maximum atomic E-state index is 13.8. The van der Waals surface area contributed by atoms with Crippen LogP contribution in [0.3, 0.4) is 0 Å². The molecule has 1 unspecified atom stereocenters. The fourth-order valence-corrected chi connectivity index (χ4v) is 2.87. The summed E-state index contributed by atoms with van der Waals surface area (Å²) in [5.74, 6) is 0.192. The number of ether oxygens (including phenoxy) is 1. The summed E-state index contributed by atoms with van der Waals surface area (Å²) in [5, 5.41) is 3.29. The number of rotatable bonds is 7. The smallest absolute Gasteiger partial charge is 0.234 e. The summed E-state index contributed by atoms with van der Waals surface area (Å²) in [6, 6.07) is 11.9. The van der Waals surface area contributed by atoms with Gasteiger partial charge in [0.25, 0.3) is 0 Å². The minimum Gasteiger partial charge on any atom is -0.496 e. The van der Waals surface area contributed by atoms with Gasteiger partial charge in [-0.1, -0.05) is 35.9 Å². The van der Waals surface area contributed by atoms with Gasteiger partial charge in [0.2, 0.25) is 5.91 Å². The minimum absolute atomic E-state index is 0.129. The van der Waals surface area contributed by atoms with Gasteiger partial charge in [-0.3, -0.25) is 9.69 Å². The summed E-state index contributed by atoms with van der Waals surface area (Å²) < 4.78 is 19.2. The molecule has 0 aliphatic heterocycles. The van der Waals surface area contributed by atoms with Gasteiger partial charge in [0.15, 0.2) is 0 Å². The molecule has 1 atom stereocenters. The summed E-state index contributed by atoms with van der Waals surface area (Å²) >= 11 is 6.03. The highest BCUT2D eigenvalue weighted by Gasteiger charge is 2.16. The van der Waals surface area contributed by atoms with Gasteiger partial charge in [0.05, 0.1) is 19.7 Å². The third kappa shape index (κ3) is 5.18. The van der Waals surface area contributed by atoms with Gasteiger partial charge in [0.1, 0.15) is 11.6 Å². The van der Waals surface area contributed by atoms with Crippen LogP contribution in [0.25, 0.3) is 0 Å². The second kappa shape index (κ2) is 8.83. The van der Waals surface area contributed by atoms with E-state index < -0.39 is 0 Å². The van der Waals surface area contributed by atoms with E-state index in [4.69, 9.17) is 16.3 Å². The van der Waals surface area contributed by atoms with Gasteiger partial charge >= 0.3 is 0 Å². The number of carbonyl (C=O) groups is 1.